The number of ether oxygens (including phenoxy) is 1. The van der Waals surface area contributed by atoms with Gasteiger partial charge < -0.3 is 20.9 Å². The molecule has 2 aromatic heterocycles. The number of anilines is 3. The highest BCUT2D eigenvalue weighted by atomic mass is 16.5. The molecule has 0 atom stereocenters. The summed E-state index contributed by atoms with van der Waals surface area (Å²) < 4.78 is 6.90. The minimum atomic E-state index is -1.04. The molecule has 4 aromatic rings. The van der Waals surface area contributed by atoms with Crippen molar-refractivity contribution in [2.24, 2.45) is 0 Å². The average molecular weight is 405 g/mol. The molecule has 4 rings (SSSR count). The van der Waals surface area contributed by atoms with E-state index < -0.39 is 5.97 Å². The van der Waals surface area contributed by atoms with Crippen molar-refractivity contribution in [1.29, 1.82) is 0 Å². The predicted molar refractivity (Wildman–Crippen MR) is 112 cm³/mol. The molecule has 4 N–H and O–H groups in total. The van der Waals surface area contributed by atoms with Crippen LogP contribution in [-0.4, -0.2) is 42.7 Å². The first-order valence-electron chi connectivity index (χ1n) is 9.01. The van der Waals surface area contributed by atoms with Crippen molar-refractivity contribution in [2.75, 3.05) is 18.2 Å². The van der Waals surface area contributed by atoms with Gasteiger partial charge in [-0.15, -0.1) is 0 Å². The summed E-state index contributed by atoms with van der Waals surface area (Å²) in [5, 5.41) is 12.7. The first-order valence-corrected chi connectivity index (χ1v) is 9.01. The number of carboxylic acid groups (broad SMARTS) is 1. The predicted octanol–water partition coefficient (Wildman–Crippen LogP) is 2.86. The Kier molecular flexibility index (Phi) is 4.66. The number of fused-ring (bicyclic) bond motifs is 1. The molecule has 0 aliphatic carbocycles. The Balaban J connectivity index is 1.98. The number of aromatic carboxylic acids is 1. The van der Waals surface area contributed by atoms with E-state index in [4.69, 9.17) is 10.5 Å². The number of hydrogen-bond donors (Lipinski definition) is 3. The standard InChI is InChI=1S/C20H19N7O3/c1-10-7-12(17(28)29)8-15-16(10)25-20(24-13-5-4-6-14(9-13)30-3)27(15)19-23-11(2)22-18(21)26-19/h4-9H,1-3H3,(H,24,25)(H,28,29)(H2,21,22,23,26). The van der Waals surface area contributed by atoms with Crippen LogP contribution in [0.4, 0.5) is 17.6 Å². The molecule has 0 amide bonds. The summed E-state index contributed by atoms with van der Waals surface area (Å²) in [6.45, 7) is 3.50. The van der Waals surface area contributed by atoms with Gasteiger partial charge in [0, 0.05) is 11.8 Å². The van der Waals surface area contributed by atoms with Gasteiger partial charge >= 0.3 is 5.97 Å². The highest BCUT2D eigenvalue weighted by Crippen LogP contribution is 2.29. The molecule has 0 radical (unpaired) electrons. The van der Waals surface area contributed by atoms with E-state index in [1.807, 2.05) is 24.3 Å². The zero-order valence-electron chi connectivity index (χ0n) is 16.5. The first kappa shape index (κ1) is 19.1. The molecule has 0 bridgehead atoms. The molecule has 10 nitrogen and oxygen atoms in total. The number of nitrogens with two attached hydrogens (primary N) is 1. The maximum absolute atomic E-state index is 11.6. The smallest absolute Gasteiger partial charge is 0.335 e. The van der Waals surface area contributed by atoms with Gasteiger partial charge in [-0.25, -0.2) is 14.3 Å². The molecular formula is C20H19N7O3. The Morgan fingerprint density at radius 2 is 1.93 bits per heavy atom. The van der Waals surface area contributed by atoms with Gasteiger partial charge in [-0.05, 0) is 43.7 Å². The lowest BCUT2D eigenvalue weighted by Gasteiger charge is -2.11. The van der Waals surface area contributed by atoms with Gasteiger partial charge in [0.05, 0.1) is 23.7 Å². The van der Waals surface area contributed by atoms with Crippen LogP contribution in [0.15, 0.2) is 36.4 Å². The van der Waals surface area contributed by atoms with Gasteiger partial charge in [-0.3, -0.25) is 0 Å². The molecule has 0 spiro atoms. The van der Waals surface area contributed by atoms with Crippen LogP contribution < -0.4 is 15.8 Å². The number of aromatic nitrogens is 5. The van der Waals surface area contributed by atoms with Gasteiger partial charge in [0.15, 0.2) is 0 Å². The third-order valence-electron chi connectivity index (χ3n) is 4.48. The second kappa shape index (κ2) is 7.32. The van der Waals surface area contributed by atoms with Crippen LogP contribution in [0.2, 0.25) is 0 Å². The third-order valence-corrected chi connectivity index (χ3v) is 4.48. The van der Waals surface area contributed by atoms with Crippen LogP contribution in [0.3, 0.4) is 0 Å². The summed E-state index contributed by atoms with van der Waals surface area (Å²) in [5.74, 6) is 0.743. The summed E-state index contributed by atoms with van der Waals surface area (Å²) in [5.41, 5.74) is 8.53. The zero-order chi connectivity index (χ0) is 21.4. The van der Waals surface area contributed by atoms with E-state index >= 15 is 0 Å². The number of carboxylic acids is 1. The van der Waals surface area contributed by atoms with Gasteiger partial charge in [0.2, 0.25) is 17.8 Å². The molecule has 0 fully saturated rings. The van der Waals surface area contributed by atoms with Crippen LogP contribution in [0.1, 0.15) is 21.7 Å². The Labute approximate surface area is 171 Å². The zero-order valence-corrected chi connectivity index (χ0v) is 16.5. The second-order valence-corrected chi connectivity index (χ2v) is 6.63. The van der Waals surface area contributed by atoms with Crippen LogP contribution in [-0.2, 0) is 0 Å². The maximum Gasteiger partial charge on any atom is 0.335 e. The lowest BCUT2D eigenvalue weighted by Crippen LogP contribution is -2.10. The number of nitrogens with one attached hydrogen (secondary N) is 1. The Bertz CT molecular complexity index is 1260. The van der Waals surface area contributed by atoms with Crippen molar-refractivity contribution in [3.05, 3.63) is 53.3 Å². The Morgan fingerprint density at radius 3 is 2.63 bits per heavy atom. The van der Waals surface area contributed by atoms with E-state index in [9.17, 15) is 9.90 Å². The van der Waals surface area contributed by atoms with E-state index in [0.29, 0.717) is 34.1 Å². The molecule has 10 heteroatoms. The van der Waals surface area contributed by atoms with Crippen LogP contribution >= 0.6 is 0 Å². The molecule has 152 valence electrons. The Morgan fingerprint density at radius 1 is 1.13 bits per heavy atom. The van der Waals surface area contributed by atoms with Gasteiger partial charge in [0.1, 0.15) is 11.6 Å². The lowest BCUT2D eigenvalue weighted by atomic mass is 10.1. The molecule has 2 aromatic carbocycles. The van der Waals surface area contributed by atoms with E-state index in [1.165, 1.54) is 6.07 Å². The van der Waals surface area contributed by atoms with E-state index in [-0.39, 0.29) is 17.5 Å². The number of carbonyl (C=O) groups is 1. The van der Waals surface area contributed by atoms with Gasteiger partial charge in [0.25, 0.3) is 0 Å². The molecule has 0 aliphatic rings. The van der Waals surface area contributed by atoms with Crippen LogP contribution in [0.25, 0.3) is 17.0 Å². The number of methoxy groups -OCH3 is 1. The summed E-state index contributed by atoms with van der Waals surface area (Å²) in [7, 11) is 1.58. The van der Waals surface area contributed by atoms with E-state index in [2.05, 4.69) is 25.3 Å². The van der Waals surface area contributed by atoms with Crippen molar-refractivity contribution in [1.82, 2.24) is 24.5 Å². The van der Waals surface area contributed by atoms with E-state index in [1.54, 1.807) is 31.6 Å². The van der Waals surface area contributed by atoms with Crippen molar-refractivity contribution < 1.29 is 14.6 Å². The van der Waals surface area contributed by atoms with Crippen molar-refractivity contribution >= 4 is 34.6 Å². The average Bonchev–Trinajstić information content (AvgIpc) is 3.05. The lowest BCUT2D eigenvalue weighted by molar-refractivity contribution is 0.0697. The summed E-state index contributed by atoms with van der Waals surface area (Å²) in [6.07, 6.45) is 0. The summed E-state index contributed by atoms with van der Waals surface area (Å²) >= 11 is 0. The second-order valence-electron chi connectivity index (χ2n) is 6.63. The number of imidazole rings is 1. The number of aryl methyl sites for hydroxylation is 2. The number of benzene rings is 2. The first-order chi connectivity index (χ1) is 14.4. The number of rotatable bonds is 5. The van der Waals surface area contributed by atoms with Crippen molar-refractivity contribution in [3.8, 4) is 11.7 Å². The number of nitrogens with zero attached hydrogens (tertiary/aromatic N) is 5. The minimum Gasteiger partial charge on any atom is -0.497 e. The molecule has 0 aliphatic heterocycles. The van der Waals surface area contributed by atoms with Gasteiger partial charge in [-0.1, -0.05) is 6.07 Å². The third kappa shape index (κ3) is 3.46. The Hall–Kier alpha value is -4.21. The fourth-order valence-electron chi connectivity index (χ4n) is 3.17. The summed E-state index contributed by atoms with van der Waals surface area (Å²) in [6, 6.07) is 10.4. The molecule has 2 heterocycles. The maximum atomic E-state index is 11.6. The number of nitrogen functional groups attached to an aromatic ring is 1. The molecular weight excluding hydrogens is 386 g/mol. The fraction of sp³-hybridized carbons (Fsp3) is 0.150. The van der Waals surface area contributed by atoms with Crippen LogP contribution in [0.5, 0.6) is 5.75 Å². The quantitative estimate of drug-likeness (QED) is 0.457. The van der Waals surface area contributed by atoms with Crippen molar-refractivity contribution in [3.63, 3.8) is 0 Å². The highest BCUT2D eigenvalue weighted by molar-refractivity contribution is 5.95. The molecule has 0 saturated carbocycles. The van der Waals surface area contributed by atoms with Gasteiger partial charge in [-0.2, -0.15) is 15.0 Å². The minimum absolute atomic E-state index is 0.0535. The highest BCUT2D eigenvalue weighted by Gasteiger charge is 2.20. The summed E-state index contributed by atoms with van der Waals surface area (Å²) in [4.78, 5) is 28.9. The topological polar surface area (TPSA) is 141 Å². The fourth-order valence-corrected chi connectivity index (χ4v) is 3.17. The molecule has 0 unspecified atom stereocenters. The largest absolute Gasteiger partial charge is 0.497 e. The van der Waals surface area contributed by atoms with E-state index in [0.717, 1.165) is 5.69 Å². The molecule has 0 saturated heterocycles. The SMILES string of the molecule is COc1cccc(Nc2nc3c(C)cc(C(=O)O)cc3n2-c2nc(C)nc(N)n2)c1. The number of hydrogen-bond acceptors (Lipinski definition) is 8. The normalized spacial score (nSPS) is 10.9. The molecule has 30 heavy (non-hydrogen) atoms. The van der Waals surface area contributed by atoms with Crippen molar-refractivity contribution in [2.45, 2.75) is 13.8 Å². The monoisotopic (exact) mass is 405 g/mol. The van der Waals surface area contributed by atoms with Crippen LogP contribution in [0, 0.1) is 13.8 Å².